The van der Waals surface area contributed by atoms with Crippen LogP contribution in [0.3, 0.4) is 0 Å². The van der Waals surface area contributed by atoms with Crippen LogP contribution in [0, 0.1) is 5.92 Å². The predicted octanol–water partition coefficient (Wildman–Crippen LogP) is 2.21. The van der Waals surface area contributed by atoms with Crippen molar-refractivity contribution in [2.24, 2.45) is 11.7 Å². The Morgan fingerprint density at radius 1 is 1.50 bits per heavy atom. The highest BCUT2D eigenvalue weighted by atomic mass is 16.5. The van der Waals surface area contributed by atoms with Crippen molar-refractivity contribution in [3.63, 3.8) is 0 Å². The fraction of sp³-hybridized carbons (Fsp3) is 0.600. The molecule has 0 amide bonds. The molecule has 1 aliphatic rings. The van der Waals surface area contributed by atoms with Crippen LogP contribution in [0.4, 0.5) is 0 Å². The molecular formula is C15H24N2O. The van der Waals surface area contributed by atoms with Gasteiger partial charge in [-0.2, -0.15) is 0 Å². The average Bonchev–Trinajstić information content (AvgIpc) is 2.38. The SMILES string of the molecule is COc1ccc2c(c1)C(C(C)CCN)N(C)CC2. The molecule has 0 saturated carbocycles. The van der Waals surface area contributed by atoms with E-state index in [-0.39, 0.29) is 0 Å². The molecule has 0 spiro atoms. The number of hydrogen-bond donors (Lipinski definition) is 1. The molecule has 0 radical (unpaired) electrons. The van der Waals surface area contributed by atoms with Gasteiger partial charge in [0.15, 0.2) is 0 Å². The summed E-state index contributed by atoms with van der Waals surface area (Å²) in [7, 11) is 3.94. The Morgan fingerprint density at radius 3 is 2.94 bits per heavy atom. The molecule has 2 N–H and O–H groups in total. The van der Waals surface area contributed by atoms with Crippen molar-refractivity contribution in [1.82, 2.24) is 4.90 Å². The Morgan fingerprint density at radius 2 is 2.28 bits per heavy atom. The minimum absolute atomic E-state index is 0.465. The van der Waals surface area contributed by atoms with Gasteiger partial charge < -0.3 is 10.5 Å². The van der Waals surface area contributed by atoms with E-state index in [1.54, 1.807) is 7.11 Å². The van der Waals surface area contributed by atoms with Crippen LogP contribution in [0.25, 0.3) is 0 Å². The van der Waals surface area contributed by atoms with Gasteiger partial charge in [-0.25, -0.2) is 0 Å². The van der Waals surface area contributed by atoms with E-state index < -0.39 is 0 Å². The number of methoxy groups -OCH3 is 1. The molecule has 100 valence electrons. The van der Waals surface area contributed by atoms with Crippen LogP contribution in [0.2, 0.25) is 0 Å². The number of hydrogen-bond acceptors (Lipinski definition) is 3. The van der Waals surface area contributed by atoms with E-state index in [9.17, 15) is 0 Å². The van der Waals surface area contributed by atoms with E-state index in [2.05, 4.69) is 37.1 Å². The zero-order chi connectivity index (χ0) is 13.1. The van der Waals surface area contributed by atoms with Crippen molar-refractivity contribution in [3.8, 4) is 5.75 Å². The third-order valence-corrected chi connectivity index (χ3v) is 4.04. The van der Waals surface area contributed by atoms with Crippen molar-refractivity contribution < 1.29 is 4.74 Å². The molecular weight excluding hydrogens is 224 g/mol. The first-order valence-corrected chi connectivity index (χ1v) is 6.74. The van der Waals surface area contributed by atoms with Crippen LogP contribution in [0.15, 0.2) is 18.2 Å². The Hall–Kier alpha value is -1.06. The van der Waals surface area contributed by atoms with Crippen LogP contribution < -0.4 is 10.5 Å². The lowest BCUT2D eigenvalue weighted by Gasteiger charge is -2.38. The second-order valence-corrected chi connectivity index (χ2v) is 5.29. The summed E-state index contributed by atoms with van der Waals surface area (Å²) in [6.07, 6.45) is 2.19. The maximum Gasteiger partial charge on any atom is 0.119 e. The zero-order valence-electron chi connectivity index (χ0n) is 11.6. The summed E-state index contributed by atoms with van der Waals surface area (Å²) in [5.41, 5.74) is 8.60. The molecule has 1 aromatic carbocycles. The molecule has 0 bridgehead atoms. The Bertz CT molecular complexity index is 405. The minimum Gasteiger partial charge on any atom is -0.497 e. The summed E-state index contributed by atoms with van der Waals surface area (Å²) in [6, 6.07) is 6.94. The van der Waals surface area contributed by atoms with Crippen LogP contribution in [-0.2, 0) is 6.42 Å². The molecule has 0 aliphatic carbocycles. The van der Waals surface area contributed by atoms with E-state index in [0.29, 0.717) is 12.0 Å². The molecule has 0 aromatic heterocycles. The summed E-state index contributed by atoms with van der Waals surface area (Å²) < 4.78 is 5.36. The van der Waals surface area contributed by atoms with Crippen LogP contribution >= 0.6 is 0 Å². The van der Waals surface area contributed by atoms with E-state index in [0.717, 1.165) is 31.7 Å². The molecule has 1 aromatic rings. The van der Waals surface area contributed by atoms with Gasteiger partial charge in [-0.15, -0.1) is 0 Å². The Labute approximate surface area is 110 Å². The van der Waals surface area contributed by atoms with Crippen molar-refractivity contribution in [2.75, 3.05) is 27.2 Å². The van der Waals surface area contributed by atoms with Crippen molar-refractivity contribution >= 4 is 0 Å². The van der Waals surface area contributed by atoms with Gasteiger partial charge in [-0.3, -0.25) is 4.90 Å². The fourth-order valence-corrected chi connectivity index (χ4v) is 3.04. The first-order valence-electron chi connectivity index (χ1n) is 6.74. The lowest BCUT2D eigenvalue weighted by Crippen LogP contribution is -2.36. The van der Waals surface area contributed by atoms with Gasteiger partial charge >= 0.3 is 0 Å². The highest BCUT2D eigenvalue weighted by Gasteiger charge is 2.29. The largest absolute Gasteiger partial charge is 0.497 e. The second kappa shape index (κ2) is 5.72. The third-order valence-electron chi connectivity index (χ3n) is 4.04. The van der Waals surface area contributed by atoms with Crippen LogP contribution in [0.5, 0.6) is 5.75 Å². The van der Waals surface area contributed by atoms with Crippen molar-refractivity contribution in [2.45, 2.75) is 25.8 Å². The number of fused-ring (bicyclic) bond motifs is 1. The minimum atomic E-state index is 0.465. The van der Waals surface area contributed by atoms with Crippen LogP contribution in [0.1, 0.15) is 30.5 Å². The third kappa shape index (κ3) is 2.52. The summed E-state index contributed by atoms with van der Waals surface area (Å²) in [5, 5.41) is 0. The van der Waals surface area contributed by atoms with Crippen LogP contribution in [-0.4, -0.2) is 32.1 Å². The summed E-state index contributed by atoms with van der Waals surface area (Å²) in [4.78, 5) is 2.45. The number of nitrogens with two attached hydrogens (primary N) is 1. The Balaban J connectivity index is 2.35. The zero-order valence-corrected chi connectivity index (χ0v) is 11.6. The average molecular weight is 248 g/mol. The summed E-state index contributed by atoms with van der Waals surface area (Å²) in [5.74, 6) is 1.53. The highest BCUT2D eigenvalue weighted by molar-refractivity contribution is 5.39. The number of likely N-dealkylation sites (N-methyl/N-ethyl adjacent to an activating group) is 1. The molecule has 3 nitrogen and oxygen atoms in total. The first-order chi connectivity index (χ1) is 8.67. The van der Waals surface area contributed by atoms with Gasteiger partial charge in [0.2, 0.25) is 0 Å². The van der Waals surface area contributed by atoms with E-state index in [1.807, 2.05) is 0 Å². The number of rotatable bonds is 4. The van der Waals surface area contributed by atoms with E-state index in [1.165, 1.54) is 11.1 Å². The maximum absolute atomic E-state index is 5.71. The predicted molar refractivity (Wildman–Crippen MR) is 74.9 cm³/mol. The molecule has 2 atom stereocenters. The molecule has 0 fully saturated rings. The first kappa shape index (κ1) is 13.4. The van der Waals surface area contributed by atoms with Crippen molar-refractivity contribution in [3.05, 3.63) is 29.3 Å². The quantitative estimate of drug-likeness (QED) is 0.888. The molecule has 1 heterocycles. The molecule has 2 unspecified atom stereocenters. The second-order valence-electron chi connectivity index (χ2n) is 5.29. The summed E-state index contributed by atoms with van der Waals surface area (Å²) in [6.45, 7) is 4.17. The number of benzene rings is 1. The molecule has 18 heavy (non-hydrogen) atoms. The van der Waals surface area contributed by atoms with Gasteiger partial charge in [0.25, 0.3) is 0 Å². The summed E-state index contributed by atoms with van der Waals surface area (Å²) >= 11 is 0. The highest BCUT2D eigenvalue weighted by Crippen LogP contribution is 2.37. The topological polar surface area (TPSA) is 38.5 Å². The van der Waals surface area contributed by atoms with Gasteiger partial charge in [0.05, 0.1) is 7.11 Å². The standard InChI is InChI=1S/C15H24N2O/c1-11(6-8-16)15-14-10-13(18-3)5-4-12(14)7-9-17(15)2/h4-5,10-11,15H,6-9,16H2,1-3H3. The van der Waals surface area contributed by atoms with E-state index >= 15 is 0 Å². The van der Waals surface area contributed by atoms with Gasteiger partial charge in [0, 0.05) is 12.6 Å². The number of nitrogens with zero attached hydrogens (tertiary/aromatic N) is 1. The van der Waals surface area contributed by atoms with Gasteiger partial charge in [-0.1, -0.05) is 13.0 Å². The molecule has 2 rings (SSSR count). The fourth-order valence-electron chi connectivity index (χ4n) is 3.04. The normalized spacial score (nSPS) is 21.4. The Kier molecular flexibility index (Phi) is 4.25. The van der Waals surface area contributed by atoms with Gasteiger partial charge in [0.1, 0.15) is 5.75 Å². The smallest absolute Gasteiger partial charge is 0.119 e. The maximum atomic E-state index is 5.71. The molecule has 1 aliphatic heterocycles. The number of ether oxygens (including phenoxy) is 1. The van der Waals surface area contributed by atoms with Crippen molar-refractivity contribution in [1.29, 1.82) is 0 Å². The van der Waals surface area contributed by atoms with Gasteiger partial charge in [-0.05, 0) is 55.6 Å². The lowest BCUT2D eigenvalue weighted by molar-refractivity contribution is 0.167. The molecule has 3 heteroatoms. The van der Waals surface area contributed by atoms with E-state index in [4.69, 9.17) is 10.5 Å². The monoisotopic (exact) mass is 248 g/mol. The molecule has 0 saturated heterocycles. The lowest BCUT2D eigenvalue weighted by atomic mass is 9.84.